The number of pyridine rings is 2. The fourth-order valence-electron chi connectivity index (χ4n) is 3.65. The molecule has 0 aliphatic rings. The van der Waals surface area contributed by atoms with Gasteiger partial charge in [0, 0.05) is 30.8 Å². The van der Waals surface area contributed by atoms with E-state index < -0.39 is 13.7 Å². The summed E-state index contributed by atoms with van der Waals surface area (Å²) in [7, 11) is 0. The lowest BCUT2D eigenvalue weighted by Crippen LogP contribution is -1.88. The molecule has 0 bridgehead atoms. The van der Waals surface area contributed by atoms with Gasteiger partial charge in [-0.2, -0.15) is 0 Å². The fourth-order valence-corrected chi connectivity index (χ4v) is 3.65. The molecule has 4 aromatic heterocycles. The van der Waals surface area contributed by atoms with E-state index in [1.54, 1.807) is 6.07 Å². The van der Waals surface area contributed by atoms with Gasteiger partial charge < -0.3 is 8.83 Å². The summed E-state index contributed by atoms with van der Waals surface area (Å²) < 4.78 is 58.7. The zero-order chi connectivity index (χ0) is 23.8. The van der Waals surface area contributed by atoms with Crippen LogP contribution in [-0.4, -0.2) is 9.97 Å². The standard InChI is InChI=1S/C24H16N2O2/c1-13-10-19(25-12-14(13)2)16-8-5-7-15-18-11-21-22(26-24(18)28-23(15)16)17-6-3-4-9-20(17)27-21/h3-12H,1-2H3/i1D3,2D3. The molecule has 4 nitrogen and oxygen atoms in total. The topological polar surface area (TPSA) is 52.1 Å². The minimum absolute atomic E-state index is 0.257. The molecule has 4 heterocycles. The van der Waals surface area contributed by atoms with Gasteiger partial charge >= 0.3 is 0 Å². The highest BCUT2D eigenvalue weighted by Gasteiger charge is 2.17. The summed E-state index contributed by atoms with van der Waals surface area (Å²) in [5, 5.41) is 2.39. The van der Waals surface area contributed by atoms with Gasteiger partial charge in [-0.25, -0.2) is 4.98 Å². The summed E-state index contributed by atoms with van der Waals surface area (Å²) in [5.74, 6) is 0. The molecular weight excluding hydrogens is 348 g/mol. The average molecular weight is 370 g/mol. The lowest BCUT2D eigenvalue weighted by molar-refractivity contribution is 0.653. The normalized spacial score (nSPS) is 16.0. The predicted octanol–water partition coefficient (Wildman–Crippen LogP) is 6.56. The van der Waals surface area contributed by atoms with Gasteiger partial charge in [0.05, 0.1) is 11.1 Å². The average Bonchev–Trinajstić information content (AvgIpc) is 3.33. The third kappa shape index (κ3) is 2.06. The summed E-state index contributed by atoms with van der Waals surface area (Å²) in [4.78, 5) is 8.98. The fraction of sp³-hybridized carbons (Fsp3) is 0.0833. The van der Waals surface area contributed by atoms with Crippen LogP contribution in [0.3, 0.4) is 0 Å². The Morgan fingerprint density at radius 2 is 1.71 bits per heavy atom. The van der Waals surface area contributed by atoms with Gasteiger partial charge in [0.15, 0.2) is 5.58 Å². The monoisotopic (exact) mass is 370 g/mol. The van der Waals surface area contributed by atoms with Crippen LogP contribution in [0.25, 0.3) is 55.4 Å². The van der Waals surface area contributed by atoms with Gasteiger partial charge in [-0.1, -0.05) is 24.3 Å². The molecule has 0 atom stereocenters. The van der Waals surface area contributed by atoms with E-state index in [1.165, 1.54) is 6.07 Å². The highest BCUT2D eigenvalue weighted by Crippen LogP contribution is 2.37. The van der Waals surface area contributed by atoms with Crippen molar-refractivity contribution in [2.45, 2.75) is 13.7 Å². The van der Waals surface area contributed by atoms with Crippen LogP contribution in [0.1, 0.15) is 19.4 Å². The van der Waals surface area contributed by atoms with Crippen molar-refractivity contribution in [1.29, 1.82) is 0 Å². The van der Waals surface area contributed by atoms with E-state index in [2.05, 4.69) is 4.98 Å². The first-order valence-corrected chi connectivity index (χ1v) is 8.76. The van der Waals surface area contributed by atoms with Gasteiger partial charge in [0.2, 0.25) is 5.71 Å². The number of para-hydroxylation sites is 2. The smallest absolute Gasteiger partial charge is 0.228 e. The molecule has 0 fully saturated rings. The van der Waals surface area contributed by atoms with E-state index in [1.807, 2.05) is 42.5 Å². The Morgan fingerprint density at radius 3 is 2.64 bits per heavy atom. The molecule has 0 spiro atoms. The van der Waals surface area contributed by atoms with Crippen molar-refractivity contribution in [3.63, 3.8) is 0 Å². The predicted molar refractivity (Wildman–Crippen MR) is 111 cm³/mol. The number of fused-ring (bicyclic) bond motifs is 6. The molecule has 134 valence electrons. The van der Waals surface area contributed by atoms with E-state index in [4.69, 9.17) is 22.0 Å². The quantitative estimate of drug-likeness (QED) is 0.329. The Kier molecular flexibility index (Phi) is 2.06. The van der Waals surface area contributed by atoms with Crippen molar-refractivity contribution in [2.24, 2.45) is 0 Å². The molecule has 0 saturated heterocycles. The summed E-state index contributed by atoms with van der Waals surface area (Å²) in [6.45, 7) is -5.21. The highest BCUT2D eigenvalue weighted by atomic mass is 16.3. The second-order valence-corrected chi connectivity index (χ2v) is 6.69. The van der Waals surface area contributed by atoms with Gasteiger partial charge in [-0.05, 0) is 55.2 Å². The molecule has 0 aliphatic carbocycles. The highest BCUT2D eigenvalue weighted by molar-refractivity contribution is 6.13. The SMILES string of the molecule is [2H]C([2H])([2H])c1cnc(-c2cccc3c2oc2nc4c(cc23)oc2ccccc24)cc1C([2H])([2H])[2H]. The number of aromatic nitrogens is 2. The first-order chi connectivity index (χ1) is 16.1. The number of benzene rings is 2. The van der Waals surface area contributed by atoms with Gasteiger partial charge in [0.1, 0.15) is 16.7 Å². The maximum absolute atomic E-state index is 7.85. The van der Waals surface area contributed by atoms with E-state index in [0.29, 0.717) is 33.7 Å². The molecular formula is C24H16N2O2. The molecule has 2 aromatic carbocycles. The Bertz CT molecular complexity index is 1740. The van der Waals surface area contributed by atoms with E-state index in [-0.39, 0.29) is 11.1 Å². The molecule has 4 heteroatoms. The molecule has 6 aromatic rings. The van der Waals surface area contributed by atoms with E-state index >= 15 is 0 Å². The lowest BCUT2D eigenvalue weighted by atomic mass is 10.0. The van der Waals surface area contributed by atoms with E-state index in [0.717, 1.165) is 27.9 Å². The largest absolute Gasteiger partial charge is 0.454 e. The molecule has 0 radical (unpaired) electrons. The zero-order valence-corrected chi connectivity index (χ0v) is 14.5. The van der Waals surface area contributed by atoms with Crippen molar-refractivity contribution in [3.05, 3.63) is 71.9 Å². The number of hydrogen-bond acceptors (Lipinski definition) is 4. The Balaban J connectivity index is 1.61. The van der Waals surface area contributed by atoms with Gasteiger partial charge in [-0.3, -0.25) is 4.98 Å². The molecule has 0 amide bonds. The van der Waals surface area contributed by atoms with Crippen molar-refractivity contribution in [2.75, 3.05) is 0 Å². The number of furan rings is 2. The van der Waals surface area contributed by atoms with Crippen molar-refractivity contribution in [1.82, 2.24) is 9.97 Å². The molecule has 0 unspecified atom stereocenters. The minimum atomic E-state index is -2.61. The maximum Gasteiger partial charge on any atom is 0.228 e. The Morgan fingerprint density at radius 1 is 0.821 bits per heavy atom. The van der Waals surface area contributed by atoms with Crippen LogP contribution >= 0.6 is 0 Å². The zero-order valence-electron chi connectivity index (χ0n) is 20.5. The number of aryl methyl sites for hydroxylation is 2. The van der Waals surface area contributed by atoms with Crippen LogP contribution in [0.5, 0.6) is 0 Å². The van der Waals surface area contributed by atoms with Gasteiger partial charge in [0.25, 0.3) is 0 Å². The van der Waals surface area contributed by atoms with E-state index in [9.17, 15) is 0 Å². The third-order valence-corrected chi connectivity index (χ3v) is 5.00. The molecule has 0 saturated carbocycles. The number of nitrogens with zero attached hydrogens (tertiary/aromatic N) is 2. The summed E-state index contributed by atoms with van der Waals surface area (Å²) in [5.41, 5.74) is 3.25. The second-order valence-electron chi connectivity index (χ2n) is 6.69. The van der Waals surface area contributed by atoms with Crippen LogP contribution in [-0.2, 0) is 0 Å². The second kappa shape index (κ2) is 5.42. The number of hydrogen-bond donors (Lipinski definition) is 0. The Hall–Kier alpha value is -3.66. The van der Waals surface area contributed by atoms with Crippen LogP contribution in [0.2, 0.25) is 0 Å². The van der Waals surface area contributed by atoms with Crippen molar-refractivity contribution in [3.8, 4) is 11.3 Å². The summed E-state index contributed by atoms with van der Waals surface area (Å²) in [6.07, 6.45) is 1.11. The minimum Gasteiger partial charge on any atom is -0.454 e. The summed E-state index contributed by atoms with van der Waals surface area (Å²) in [6, 6.07) is 16.3. The molecule has 0 aliphatic heterocycles. The number of rotatable bonds is 1. The van der Waals surface area contributed by atoms with Gasteiger partial charge in [-0.15, -0.1) is 0 Å². The maximum atomic E-state index is 7.85. The van der Waals surface area contributed by atoms with Crippen LogP contribution in [0.4, 0.5) is 0 Å². The van der Waals surface area contributed by atoms with Crippen molar-refractivity contribution >= 4 is 44.1 Å². The first kappa shape index (κ1) is 10.6. The molecule has 28 heavy (non-hydrogen) atoms. The first-order valence-electron chi connectivity index (χ1n) is 11.8. The van der Waals surface area contributed by atoms with Crippen LogP contribution in [0, 0.1) is 13.7 Å². The van der Waals surface area contributed by atoms with Crippen molar-refractivity contribution < 1.29 is 17.1 Å². The molecule has 0 N–H and O–H groups in total. The third-order valence-electron chi connectivity index (χ3n) is 5.00. The summed E-state index contributed by atoms with van der Waals surface area (Å²) >= 11 is 0. The van der Waals surface area contributed by atoms with Crippen LogP contribution < -0.4 is 0 Å². The lowest BCUT2D eigenvalue weighted by Gasteiger charge is -2.05. The van der Waals surface area contributed by atoms with Crippen LogP contribution in [0.15, 0.2) is 69.6 Å². The molecule has 6 rings (SSSR count). The Labute approximate surface area is 168 Å².